The average Bonchev–Trinajstić information content (AvgIpc) is 2.84. The van der Waals surface area contributed by atoms with E-state index in [2.05, 4.69) is 34.2 Å². The smallest absolute Gasteiger partial charge is 0.251 e. The number of carbonyl (C=O) groups is 1. The summed E-state index contributed by atoms with van der Waals surface area (Å²) in [5, 5.41) is 0.623. The number of carbonyl (C=O) groups excluding carboxylic acids is 1. The first-order chi connectivity index (χ1) is 16.3. The van der Waals surface area contributed by atoms with Gasteiger partial charge < -0.3 is 14.5 Å². The number of aliphatic imine (C=N–C) groups is 1. The minimum absolute atomic E-state index is 0.190. The summed E-state index contributed by atoms with van der Waals surface area (Å²) in [4.78, 5) is 25.7. The molecule has 7 heteroatoms. The minimum Gasteiger partial charge on any atom is -0.378 e. The van der Waals surface area contributed by atoms with Crippen LogP contribution in [0.15, 0.2) is 72.1 Å². The molecule has 1 aromatic heterocycles. The summed E-state index contributed by atoms with van der Waals surface area (Å²) >= 11 is 6.15. The maximum atomic E-state index is 13.3. The molecule has 1 amide bonds. The Morgan fingerprint density at radius 1 is 1.32 bits per heavy atom. The van der Waals surface area contributed by atoms with E-state index in [9.17, 15) is 4.79 Å². The summed E-state index contributed by atoms with van der Waals surface area (Å²) in [6.45, 7) is 16.3. The fraction of sp³-hybridized carbons (Fsp3) is 0.296. The molecule has 0 saturated carbocycles. The first-order valence-corrected chi connectivity index (χ1v) is 11.6. The van der Waals surface area contributed by atoms with Gasteiger partial charge in [0.15, 0.2) is 0 Å². The summed E-state index contributed by atoms with van der Waals surface area (Å²) in [6, 6.07) is 9.33. The van der Waals surface area contributed by atoms with Crippen LogP contribution in [0.4, 0.5) is 5.69 Å². The zero-order valence-electron chi connectivity index (χ0n) is 20.0. The van der Waals surface area contributed by atoms with Crippen LogP contribution in [0.1, 0.15) is 36.7 Å². The molecule has 1 atom stereocenters. The Labute approximate surface area is 206 Å². The van der Waals surface area contributed by atoms with Gasteiger partial charge in [0.05, 0.1) is 31.1 Å². The first kappa shape index (κ1) is 25.4. The fourth-order valence-corrected chi connectivity index (χ4v) is 4.17. The van der Waals surface area contributed by atoms with Crippen LogP contribution in [0.5, 0.6) is 0 Å². The van der Waals surface area contributed by atoms with Crippen LogP contribution in [0, 0.1) is 6.92 Å². The minimum atomic E-state index is -0.231. The molecule has 0 aliphatic carbocycles. The van der Waals surface area contributed by atoms with Crippen molar-refractivity contribution in [2.75, 3.05) is 31.2 Å². The average molecular weight is 479 g/mol. The summed E-state index contributed by atoms with van der Waals surface area (Å²) in [5.74, 6) is -0.190. The SMILES string of the molecule is C=CN(C(=O)/C=C(C)/C(=C/N=C)c1cc(N2CCOCC2)cnc1C)[C@H](C)c1cccc(Cl)c1. The number of amides is 1. The van der Waals surface area contributed by atoms with Crippen molar-refractivity contribution >= 4 is 35.5 Å². The highest BCUT2D eigenvalue weighted by atomic mass is 35.5. The van der Waals surface area contributed by atoms with E-state index in [1.165, 1.54) is 0 Å². The molecule has 1 aliphatic heterocycles. The molecular weight excluding hydrogens is 448 g/mol. The molecule has 6 nitrogen and oxygen atoms in total. The van der Waals surface area contributed by atoms with Gasteiger partial charge >= 0.3 is 0 Å². The van der Waals surface area contributed by atoms with Crippen molar-refractivity contribution in [2.45, 2.75) is 26.8 Å². The predicted octanol–water partition coefficient (Wildman–Crippen LogP) is 5.60. The van der Waals surface area contributed by atoms with Crippen molar-refractivity contribution in [1.29, 1.82) is 0 Å². The molecule has 1 aromatic carbocycles. The van der Waals surface area contributed by atoms with Crippen molar-refractivity contribution in [3.05, 3.63) is 89.0 Å². The van der Waals surface area contributed by atoms with E-state index >= 15 is 0 Å². The quantitative estimate of drug-likeness (QED) is 0.281. The topological polar surface area (TPSA) is 58.0 Å². The molecule has 0 unspecified atom stereocenters. The predicted molar refractivity (Wildman–Crippen MR) is 140 cm³/mol. The van der Waals surface area contributed by atoms with Gasteiger partial charge in [-0.1, -0.05) is 30.3 Å². The molecule has 0 spiro atoms. The second-order valence-electron chi connectivity index (χ2n) is 8.14. The number of morpholine rings is 1. The van der Waals surface area contributed by atoms with Gasteiger partial charge in [-0.25, -0.2) is 0 Å². The maximum Gasteiger partial charge on any atom is 0.251 e. The monoisotopic (exact) mass is 478 g/mol. The third-order valence-corrected chi connectivity index (χ3v) is 6.16. The van der Waals surface area contributed by atoms with Gasteiger partial charge in [0.2, 0.25) is 0 Å². The van der Waals surface area contributed by atoms with Gasteiger partial charge in [0, 0.05) is 53.4 Å². The van der Waals surface area contributed by atoms with Crippen molar-refractivity contribution in [3.63, 3.8) is 0 Å². The standard InChI is InChI=1S/C27H31ClN4O2/c1-6-32(21(4)22-8-7-9-23(28)15-22)27(33)14-19(2)26(18-29-5)25-16-24(17-30-20(25)3)31-10-12-34-13-11-31/h6-9,14-18,21H,1,5,10-13H2,2-4H3/b19-14+,26-18-/t21-/m1/s1. The lowest BCUT2D eigenvalue weighted by atomic mass is 9.97. The molecule has 1 fully saturated rings. The van der Waals surface area contributed by atoms with Gasteiger partial charge in [0.25, 0.3) is 5.91 Å². The Morgan fingerprint density at radius 2 is 2.06 bits per heavy atom. The van der Waals surface area contributed by atoms with Crippen LogP contribution < -0.4 is 4.90 Å². The molecule has 34 heavy (non-hydrogen) atoms. The van der Waals surface area contributed by atoms with Gasteiger partial charge in [-0.2, -0.15) is 0 Å². The number of hydrogen-bond donors (Lipinski definition) is 0. The van der Waals surface area contributed by atoms with Crippen LogP contribution in [-0.2, 0) is 9.53 Å². The van der Waals surface area contributed by atoms with Crippen LogP contribution in [-0.4, -0.2) is 48.8 Å². The summed E-state index contributed by atoms with van der Waals surface area (Å²) in [5.41, 5.74) is 5.24. The zero-order valence-corrected chi connectivity index (χ0v) is 20.8. The van der Waals surface area contributed by atoms with Crippen LogP contribution in [0.2, 0.25) is 5.02 Å². The lowest BCUT2D eigenvalue weighted by molar-refractivity contribution is -0.125. The Balaban J connectivity index is 1.92. The Kier molecular flexibility index (Phi) is 8.79. The molecule has 2 aromatic rings. The van der Waals surface area contributed by atoms with E-state index in [4.69, 9.17) is 16.3 Å². The molecule has 0 N–H and O–H groups in total. The summed E-state index contributed by atoms with van der Waals surface area (Å²) in [7, 11) is 0. The Morgan fingerprint density at radius 3 is 2.71 bits per heavy atom. The van der Waals surface area contributed by atoms with E-state index in [0.29, 0.717) is 18.2 Å². The fourth-order valence-electron chi connectivity index (χ4n) is 3.97. The van der Waals surface area contributed by atoms with E-state index in [0.717, 1.165) is 46.7 Å². The molecule has 0 bridgehead atoms. The van der Waals surface area contributed by atoms with Gasteiger partial charge in [0.1, 0.15) is 0 Å². The highest BCUT2D eigenvalue weighted by molar-refractivity contribution is 6.30. The Bertz CT molecular complexity index is 1120. The molecule has 1 saturated heterocycles. The van der Waals surface area contributed by atoms with E-state index in [-0.39, 0.29) is 11.9 Å². The number of anilines is 1. The van der Waals surface area contributed by atoms with Crippen molar-refractivity contribution in [2.24, 2.45) is 4.99 Å². The second-order valence-corrected chi connectivity index (χ2v) is 8.57. The van der Waals surface area contributed by atoms with E-state index < -0.39 is 0 Å². The number of pyridine rings is 1. The molecule has 178 valence electrons. The van der Waals surface area contributed by atoms with Crippen LogP contribution >= 0.6 is 11.6 Å². The lowest BCUT2D eigenvalue weighted by Gasteiger charge is -2.29. The van der Waals surface area contributed by atoms with Gasteiger partial charge in [-0.15, -0.1) is 0 Å². The van der Waals surface area contributed by atoms with E-state index in [1.807, 2.05) is 51.2 Å². The van der Waals surface area contributed by atoms with Crippen LogP contribution in [0.25, 0.3) is 5.57 Å². The molecule has 0 radical (unpaired) electrons. The molecule has 3 rings (SSSR count). The maximum absolute atomic E-state index is 13.3. The summed E-state index contributed by atoms with van der Waals surface area (Å²) in [6.07, 6.45) is 6.68. The largest absolute Gasteiger partial charge is 0.378 e. The third kappa shape index (κ3) is 6.01. The first-order valence-electron chi connectivity index (χ1n) is 11.2. The number of aryl methyl sites for hydroxylation is 1. The van der Waals surface area contributed by atoms with Gasteiger partial charge in [-0.3, -0.25) is 14.8 Å². The van der Waals surface area contributed by atoms with Crippen LogP contribution in [0.3, 0.4) is 0 Å². The number of rotatable bonds is 8. The molecular formula is C27H31ClN4O2. The zero-order chi connectivity index (χ0) is 24.7. The number of allylic oxidation sites excluding steroid dienone is 2. The number of ether oxygens (including phenoxy) is 1. The number of benzene rings is 1. The van der Waals surface area contributed by atoms with E-state index in [1.54, 1.807) is 23.4 Å². The van der Waals surface area contributed by atoms with Gasteiger partial charge in [-0.05, 0) is 56.8 Å². The second kappa shape index (κ2) is 11.8. The molecule has 2 heterocycles. The number of hydrogen-bond acceptors (Lipinski definition) is 5. The normalized spacial score (nSPS) is 15.6. The van der Waals surface area contributed by atoms with Crippen molar-refractivity contribution < 1.29 is 9.53 Å². The summed E-state index contributed by atoms with van der Waals surface area (Å²) < 4.78 is 5.47. The lowest BCUT2D eigenvalue weighted by Crippen LogP contribution is -2.36. The third-order valence-electron chi connectivity index (χ3n) is 5.92. The number of halogens is 1. The highest BCUT2D eigenvalue weighted by Crippen LogP contribution is 2.30. The number of nitrogens with zero attached hydrogens (tertiary/aromatic N) is 4. The van der Waals surface area contributed by atoms with Crippen molar-refractivity contribution in [3.8, 4) is 0 Å². The van der Waals surface area contributed by atoms with Crippen molar-refractivity contribution in [1.82, 2.24) is 9.88 Å². The highest BCUT2D eigenvalue weighted by Gasteiger charge is 2.20. The Hall–Kier alpha value is -3.22. The number of aromatic nitrogens is 1. The molecule has 1 aliphatic rings.